The molecule has 0 spiro atoms. The highest BCUT2D eigenvalue weighted by atomic mass is 19.1. The Morgan fingerprint density at radius 2 is 2.08 bits per heavy atom. The van der Waals surface area contributed by atoms with Crippen molar-refractivity contribution in [1.82, 2.24) is 5.32 Å². The molecule has 1 atom stereocenters. The van der Waals surface area contributed by atoms with E-state index in [0.717, 1.165) is 11.6 Å². The van der Waals surface area contributed by atoms with Gasteiger partial charge in [-0.15, -0.1) is 0 Å². The molecule has 0 saturated carbocycles. The first-order chi connectivity index (χ1) is 11.4. The fourth-order valence-electron chi connectivity index (χ4n) is 2.82. The number of carbonyl (C=O) groups excluding carboxylic acids is 2. The normalized spacial score (nSPS) is 21.2. The van der Waals surface area contributed by atoms with Crippen LogP contribution in [0.25, 0.3) is 0 Å². The largest absolute Gasteiger partial charge is 0.325 e. The topological polar surface area (TPSA) is 58.5 Å². The van der Waals surface area contributed by atoms with E-state index in [2.05, 4.69) is 10.3 Å². The molecule has 1 unspecified atom stereocenters. The van der Waals surface area contributed by atoms with Crippen molar-refractivity contribution in [2.75, 3.05) is 0 Å². The summed E-state index contributed by atoms with van der Waals surface area (Å²) < 4.78 is 13.2. The van der Waals surface area contributed by atoms with E-state index in [-0.39, 0.29) is 23.3 Å². The smallest absolute Gasteiger partial charge is 0.277 e. The molecule has 1 aromatic rings. The van der Waals surface area contributed by atoms with Crippen molar-refractivity contribution < 1.29 is 14.0 Å². The molecule has 4 nitrogen and oxygen atoms in total. The van der Waals surface area contributed by atoms with Crippen LogP contribution in [0.4, 0.5) is 4.39 Å². The van der Waals surface area contributed by atoms with Gasteiger partial charge in [0, 0.05) is 23.3 Å². The lowest BCUT2D eigenvalue weighted by Crippen LogP contribution is -2.34. The van der Waals surface area contributed by atoms with Crippen molar-refractivity contribution in [3.05, 3.63) is 71.2 Å². The second-order valence-corrected chi connectivity index (χ2v) is 6.08. The third kappa shape index (κ3) is 3.25. The van der Waals surface area contributed by atoms with Gasteiger partial charge < -0.3 is 5.32 Å². The van der Waals surface area contributed by atoms with E-state index in [4.69, 9.17) is 0 Å². The van der Waals surface area contributed by atoms with Crippen molar-refractivity contribution in [3.8, 4) is 0 Å². The standard InChI is InChI=1S/C19H17FN2O2/c1-11(2)16-10-18(23)22-17-9-14(6-7-15(16)17)21-19(24)12-4-3-5-13(20)8-12/h3-11,15H,1-2H3,(H,22,23). The zero-order valence-electron chi connectivity index (χ0n) is 13.4. The van der Waals surface area contributed by atoms with Crippen LogP contribution in [0.2, 0.25) is 0 Å². The zero-order chi connectivity index (χ0) is 17.3. The molecule has 122 valence electrons. The fraction of sp³-hybridized carbons (Fsp3) is 0.211. The van der Waals surface area contributed by atoms with Crippen molar-refractivity contribution in [3.63, 3.8) is 0 Å². The van der Waals surface area contributed by atoms with Gasteiger partial charge in [0.15, 0.2) is 0 Å². The maximum Gasteiger partial charge on any atom is 0.277 e. The molecule has 0 bridgehead atoms. The van der Waals surface area contributed by atoms with Crippen LogP contribution >= 0.6 is 0 Å². The summed E-state index contributed by atoms with van der Waals surface area (Å²) >= 11 is 0. The minimum atomic E-state index is -0.522. The first kappa shape index (κ1) is 16.1. The summed E-state index contributed by atoms with van der Waals surface area (Å²) in [5.41, 5.74) is 2.35. The molecule has 5 heteroatoms. The minimum Gasteiger partial charge on any atom is -0.325 e. The summed E-state index contributed by atoms with van der Waals surface area (Å²) in [5, 5.41) is 2.80. The minimum absolute atomic E-state index is 0.00841. The quantitative estimate of drug-likeness (QED) is 0.908. The lowest BCUT2D eigenvalue weighted by Gasteiger charge is -2.29. The average Bonchev–Trinajstić information content (AvgIpc) is 2.53. The molecule has 1 aliphatic heterocycles. The zero-order valence-corrected chi connectivity index (χ0v) is 13.4. The van der Waals surface area contributed by atoms with Crippen LogP contribution in [-0.2, 0) is 4.79 Å². The fourth-order valence-corrected chi connectivity index (χ4v) is 2.82. The van der Waals surface area contributed by atoms with E-state index >= 15 is 0 Å². The van der Waals surface area contributed by atoms with Crippen LogP contribution < -0.4 is 5.32 Å². The average molecular weight is 324 g/mol. The van der Waals surface area contributed by atoms with Gasteiger partial charge in [0.25, 0.3) is 5.91 Å². The molecule has 2 amide bonds. The summed E-state index contributed by atoms with van der Waals surface area (Å²) in [7, 11) is 0. The third-order valence-electron chi connectivity index (χ3n) is 3.99. The highest BCUT2D eigenvalue weighted by Gasteiger charge is 2.27. The Morgan fingerprint density at radius 3 is 2.79 bits per heavy atom. The van der Waals surface area contributed by atoms with Crippen LogP contribution in [-0.4, -0.2) is 17.5 Å². The SMILES string of the molecule is CC(C)C1=CC(=O)NC2=CC(=NC(=O)c3cccc(F)c3)C=CC21. The van der Waals surface area contributed by atoms with Gasteiger partial charge in [-0.3, -0.25) is 9.59 Å². The van der Waals surface area contributed by atoms with Crippen molar-refractivity contribution in [1.29, 1.82) is 0 Å². The van der Waals surface area contributed by atoms with Gasteiger partial charge in [-0.1, -0.05) is 26.0 Å². The second-order valence-electron chi connectivity index (χ2n) is 6.08. The van der Waals surface area contributed by atoms with E-state index in [1.54, 1.807) is 18.2 Å². The molecule has 3 rings (SSSR count). The number of halogens is 1. The number of aliphatic imine (C=N–C) groups is 1. The molecule has 0 aromatic heterocycles. The monoisotopic (exact) mass is 324 g/mol. The highest BCUT2D eigenvalue weighted by Crippen LogP contribution is 2.31. The van der Waals surface area contributed by atoms with E-state index in [1.165, 1.54) is 18.2 Å². The number of hydrogen-bond donors (Lipinski definition) is 1. The van der Waals surface area contributed by atoms with E-state index < -0.39 is 11.7 Å². The maximum atomic E-state index is 13.2. The second kappa shape index (κ2) is 6.35. The molecular formula is C19H17FN2O2. The van der Waals surface area contributed by atoms with E-state index in [9.17, 15) is 14.0 Å². The van der Waals surface area contributed by atoms with Crippen LogP contribution in [0.1, 0.15) is 24.2 Å². The molecule has 1 heterocycles. The number of nitrogens with one attached hydrogen (secondary N) is 1. The Hall–Kier alpha value is -2.82. The molecular weight excluding hydrogens is 307 g/mol. The molecule has 1 aliphatic carbocycles. The van der Waals surface area contributed by atoms with Gasteiger partial charge in [0.2, 0.25) is 5.91 Å². The predicted molar refractivity (Wildman–Crippen MR) is 89.9 cm³/mol. The molecule has 0 saturated heterocycles. The van der Waals surface area contributed by atoms with Crippen LogP contribution in [0.15, 0.2) is 64.8 Å². The van der Waals surface area contributed by atoms with E-state index in [0.29, 0.717) is 11.4 Å². The van der Waals surface area contributed by atoms with Gasteiger partial charge in [-0.05, 0) is 41.8 Å². The molecule has 0 radical (unpaired) electrons. The molecule has 1 aromatic carbocycles. The number of amides is 2. The van der Waals surface area contributed by atoms with Gasteiger partial charge >= 0.3 is 0 Å². The Balaban J connectivity index is 1.89. The Bertz CT molecular complexity index is 832. The van der Waals surface area contributed by atoms with E-state index in [1.807, 2.05) is 19.9 Å². The summed E-state index contributed by atoms with van der Waals surface area (Å²) in [5.74, 6) is -0.948. The lowest BCUT2D eigenvalue weighted by atomic mass is 9.82. The van der Waals surface area contributed by atoms with Crippen LogP contribution in [0.3, 0.4) is 0 Å². The van der Waals surface area contributed by atoms with Crippen molar-refractivity contribution >= 4 is 17.5 Å². The number of carbonyl (C=O) groups is 2. The van der Waals surface area contributed by atoms with Gasteiger partial charge in [0.05, 0.1) is 5.71 Å². The summed E-state index contributed by atoms with van der Waals surface area (Å²) in [6.07, 6.45) is 6.98. The number of rotatable bonds is 2. The van der Waals surface area contributed by atoms with Gasteiger partial charge in [0.1, 0.15) is 5.82 Å². The number of hydrogen-bond acceptors (Lipinski definition) is 2. The van der Waals surface area contributed by atoms with Gasteiger partial charge in [-0.25, -0.2) is 9.38 Å². The summed E-state index contributed by atoms with van der Waals surface area (Å²) in [6, 6.07) is 5.40. The Labute approximate surface area is 139 Å². The third-order valence-corrected chi connectivity index (χ3v) is 3.99. The number of fused-ring (bicyclic) bond motifs is 1. The predicted octanol–water partition coefficient (Wildman–Crippen LogP) is 3.19. The molecule has 0 fully saturated rings. The number of nitrogens with zero attached hydrogens (tertiary/aromatic N) is 1. The molecule has 1 N–H and O–H groups in total. The van der Waals surface area contributed by atoms with Crippen LogP contribution in [0, 0.1) is 17.7 Å². The van der Waals surface area contributed by atoms with Crippen molar-refractivity contribution in [2.24, 2.45) is 16.8 Å². The first-order valence-corrected chi connectivity index (χ1v) is 7.75. The number of benzene rings is 1. The summed E-state index contributed by atoms with van der Waals surface area (Å²) in [6.45, 7) is 4.07. The maximum absolute atomic E-state index is 13.2. The Morgan fingerprint density at radius 1 is 1.29 bits per heavy atom. The van der Waals surface area contributed by atoms with Gasteiger partial charge in [-0.2, -0.15) is 0 Å². The highest BCUT2D eigenvalue weighted by molar-refractivity contribution is 6.14. The summed E-state index contributed by atoms with van der Waals surface area (Å²) in [4.78, 5) is 28.0. The van der Waals surface area contributed by atoms with Crippen LogP contribution in [0.5, 0.6) is 0 Å². The first-order valence-electron chi connectivity index (χ1n) is 7.75. The molecule has 2 aliphatic rings. The van der Waals surface area contributed by atoms with Crippen molar-refractivity contribution in [2.45, 2.75) is 13.8 Å². The lowest BCUT2D eigenvalue weighted by molar-refractivity contribution is -0.116. The number of allylic oxidation sites excluding steroid dienone is 3. The Kier molecular flexibility index (Phi) is 4.25. The molecule has 24 heavy (non-hydrogen) atoms.